The van der Waals surface area contributed by atoms with E-state index < -0.39 is 11.6 Å². The number of ether oxygens (including phenoxy) is 1. The lowest BCUT2D eigenvalue weighted by atomic mass is 10.3. The summed E-state index contributed by atoms with van der Waals surface area (Å²) in [4.78, 5) is 12.1. The van der Waals surface area contributed by atoms with Crippen molar-refractivity contribution in [3.8, 4) is 5.75 Å². The van der Waals surface area contributed by atoms with Gasteiger partial charge in [-0.2, -0.15) is 0 Å². The molecule has 124 valence electrons. The number of amides is 1. The van der Waals surface area contributed by atoms with E-state index in [4.69, 9.17) is 0 Å². The number of nitrogens with one attached hydrogen (secondary N) is 1. The Bertz CT molecular complexity index is 673. The Hall–Kier alpha value is -2.23. The quantitative estimate of drug-likeness (QED) is 0.843. The van der Waals surface area contributed by atoms with Crippen LogP contribution in [0.3, 0.4) is 0 Å². The summed E-state index contributed by atoms with van der Waals surface area (Å²) in [6.45, 7) is 1.69. The van der Waals surface area contributed by atoms with E-state index in [1.54, 1.807) is 18.5 Å². The van der Waals surface area contributed by atoms with Gasteiger partial charge in [0.05, 0.1) is 5.25 Å². The summed E-state index contributed by atoms with van der Waals surface area (Å²) in [5, 5.41) is 10.3. The number of halogens is 3. The molecule has 0 aliphatic rings. The second-order valence-electron chi connectivity index (χ2n) is 4.55. The third-order valence-corrected chi connectivity index (χ3v) is 3.82. The maximum atomic E-state index is 12.1. The molecule has 1 aromatic carbocycles. The van der Waals surface area contributed by atoms with Crippen LogP contribution in [0, 0.1) is 0 Å². The standard InChI is InChI=1S/C13H13F3N4O2S/c1-8(23-12-19-17-7-20(12)2)11(21)18-9-3-5-10(6-4-9)22-13(14,15)16/h3-8H,1-2H3,(H,18,21). The van der Waals surface area contributed by atoms with Crippen molar-refractivity contribution < 1.29 is 22.7 Å². The van der Waals surface area contributed by atoms with Gasteiger partial charge in [0.2, 0.25) is 5.91 Å². The molecule has 1 N–H and O–H groups in total. The van der Waals surface area contributed by atoms with Crippen LogP contribution in [0.15, 0.2) is 35.7 Å². The normalized spacial score (nSPS) is 12.7. The Morgan fingerprint density at radius 1 is 1.35 bits per heavy atom. The van der Waals surface area contributed by atoms with E-state index in [-0.39, 0.29) is 11.7 Å². The Kier molecular flexibility index (Phi) is 5.14. The molecule has 23 heavy (non-hydrogen) atoms. The minimum atomic E-state index is -4.74. The molecule has 1 heterocycles. The summed E-state index contributed by atoms with van der Waals surface area (Å²) in [5.41, 5.74) is 0.370. The van der Waals surface area contributed by atoms with E-state index in [9.17, 15) is 18.0 Å². The molecular weight excluding hydrogens is 333 g/mol. The number of hydrogen-bond donors (Lipinski definition) is 1. The summed E-state index contributed by atoms with van der Waals surface area (Å²) in [6.07, 6.45) is -3.22. The van der Waals surface area contributed by atoms with Gasteiger partial charge < -0.3 is 14.6 Å². The lowest BCUT2D eigenvalue weighted by molar-refractivity contribution is -0.274. The molecule has 1 atom stereocenters. The molecule has 0 bridgehead atoms. The Morgan fingerprint density at radius 2 is 2.00 bits per heavy atom. The van der Waals surface area contributed by atoms with Crippen LogP contribution in [-0.4, -0.2) is 32.3 Å². The highest BCUT2D eigenvalue weighted by molar-refractivity contribution is 8.00. The maximum Gasteiger partial charge on any atom is 0.573 e. The zero-order chi connectivity index (χ0) is 17.0. The molecule has 0 saturated heterocycles. The molecule has 0 spiro atoms. The molecule has 1 aromatic heterocycles. The molecule has 0 aliphatic carbocycles. The van der Waals surface area contributed by atoms with Gasteiger partial charge in [0, 0.05) is 12.7 Å². The Morgan fingerprint density at radius 3 is 2.52 bits per heavy atom. The van der Waals surface area contributed by atoms with Crippen LogP contribution in [0.25, 0.3) is 0 Å². The molecular formula is C13H13F3N4O2S. The number of aromatic nitrogens is 3. The largest absolute Gasteiger partial charge is 0.573 e. The highest BCUT2D eigenvalue weighted by Gasteiger charge is 2.31. The van der Waals surface area contributed by atoms with E-state index in [1.165, 1.54) is 30.2 Å². The van der Waals surface area contributed by atoms with Gasteiger partial charge in [-0.15, -0.1) is 23.4 Å². The average molecular weight is 346 g/mol. The predicted molar refractivity (Wildman–Crippen MR) is 78.1 cm³/mol. The summed E-state index contributed by atoms with van der Waals surface area (Å²) in [7, 11) is 1.76. The van der Waals surface area contributed by atoms with Gasteiger partial charge in [0.15, 0.2) is 5.16 Å². The fraction of sp³-hybridized carbons (Fsp3) is 0.308. The van der Waals surface area contributed by atoms with Crippen LogP contribution in [0.2, 0.25) is 0 Å². The molecule has 1 amide bonds. The number of aryl methyl sites for hydroxylation is 1. The van der Waals surface area contributed by atoms with Crippen molar-refractivity contribution in [1.82, 2.24) is 14.8 Å². The van der Waals surface area contributed by atoms with Gasteiger partial charge in [0.1, 0.15) is 12.1 Å². The second-order valence-corrected chi connectivity index (χ2v) is 5.85. The minimum absolute atomic E-state index is 0.303. The molecule has 10 heteroatoms. The number of rotatable bonds is 5. The molecule has 0 saturated carbocycles. The van der Waals surface area contributed by atoms with Crippen molar-refractivity contribution in [3.63, 3.8) is 0 Å². The summed E-state index contributed by atoms with van der Waals surface area (Å²) >= 11 is 1.22. The third kappa shape index (κ3) is 5.16. The first kappa shape index (κ1) is 17.1. The maximum absolute atomic E-state index is 12.1. The Balaban J connectivity index is 1.93. The van der Waals surface area contributed by atoms with Crippen LogP contribution >= 0.6 is 11.8 Å². The van der Waals surface area contributed by atoms with Gasteiger partial charge in [-0.05, 0) is 31.2 Å². The molecule has 0 fully saturated rings. The molecule has 2 rings (SSSR count). The van der Waals surface area contributed by atoms with Crippen LogP contribution in [-0.2, 0) is 11.8 Å². The average Bonchev–Trinajstić information content (AvgIpc) is 2.85. The highest BCUT2D eigenvalue weighted by Crippen LogP contribution is 2.25. The first-order valence-corrected chi connectivity index (χ1v) is 7.30. The van der Waals surface area contributed by atoms with Gasteiger partial charge in [-0.3, -0.25) is 4.79 Å². The zero-order valence-corrected chi connectivity index (χ0v) is 13.0. The molecule has 0 aliphatic heterocycles. The first-order valence-electron chi connectivity index (χ1n) is 6.42. The first-order chi connectivity index (χ1) is 10.7. The van der Waals surface area contributed by atoms with E-state index in [0.717, 1.165) is 12.1 Å². The SMILES string of the molecule is CC(Sc1nncn1C)C(=O)Nc1ccc(OC(F)(F)F)cc1. The van der Waals surface area contributed by atoms with Gasteiger partial charge in [0.25, 0.3) is 0 Å². The van der Waals surface area contributed by atoms with Crippen LogP contribution in [0.5, 0.6) is 5.75 Å². The number of thioether (sulfide) groups is 1. The van der Waals surface area contributed by atoms with E-state index in [0.29, 0.717) is 10.8 Å². The number of carbonyl (C=O) groups excluding carboxylic acids is 1. The van der Waals surface area contributed by atoms with Gasteiger partial charge >= 0.3 is 6.36 Å². The zero-order valence-electron chi connectivity index (χ0n) is 12.2. The number of benzene rings is 1. The number of nitrogens with zero attached hydrogens (tertiary/aromatic N) is 3. The highest BCUT2D eigenvalue weighted by atomic mass is 32.2. The molecule has 1 unspecified atom stereocenters. The van der Waals surface area contributed by atoms with Crippen LogP contribution in [0.4, 0.5) is 18.9 Å². The van der Waals surface area contributed by atoms with Crippen molar-refractivity contribution in [2.45, 2.75) is 23.7 Å². The summed E-state index contributed by atoms with van der Waals surface area (Å²) in [5.74, 6) is -0.653. The van der Waals surface area contributed by atoms with E-state index >= 15 is 0 Å². The third-order valence-electron chi connectivity index (χ3n) is 2.68. The fourth-order valence-corrected chi connectivity index (χ4v) is 2.36. The predicted octanol–water partition coefficient (Wildman–Crippen LogP) is 2.83. The minimum Gasteiger partial charge on any atom is -0.406 e. The van der Waals surface area contributed by atoms with Gasteiger partial charge in [-0.1, -0.05) is 11.8 Å². The van der Waals surface area contributed by atoms with Crippen LogP contribution in [0.1, 0.15) is 6.92 Å². The number of alkyl halides is 3. The van der Waals surface area contributed by atoms with Crippen LogP contribution < -0.4 is 10.1 Å². The van der Waals surface area contributed by atoms with Crippen molar-refractivity contribution in [2.75, 3.05) is 5.32 Å². The monoisotopic (exact) mass is 346 g/mol. The number of hydrogen-bond acceptors (Lipinski definition) is 5. The van der Waals surface area contributed by atoms with Crippen molar-refractivity contribution >= 4 is 23.4 Å². The lowest BCUT2D eigenvalue weighted by Gasteiger charge is -2.12. The second kappa shape index (κ2) is 6.90. The van der Waals surface area contributed by atoms with Gasteiger partial charge in [-0.25, -0.2) is 0 Å². The summed E-state index contributed by atoms with van der Waals surface area (Å²) in [6, 6.07) is 4.92. The Labute approximate surface area is 134 Å². The fourth-order valence-electron chi connectivity index (χ4n) is 1.57. The smallest absolute Gasteiger partial charge is 0.406 e. The number of carbonyl (C=O) groups is 1. The topological polar surface area (TPSA) is 69.0 Å². The molecule has 0 radical (unpaired) electrons. The molecule has 6 nitrogen and oxygen atoms in total. The van der Waals surface area contributed by atoms with E-state index in [2.05, 4.69) is 20.3 Å². The lowest BCUT2D eigenvalue weighted by Crippen LogP contribution is -2.22. The van der Waals surface area contributed by atoms with Crippen molar-refractivity contribution in [3.05, 3.63) is 30.6 Å². The number of anilines is 1. The molecule has 2 aromatic rings. The van der Waals surface area contributed by atoms with E-state index in [1.807, 2.05) is 0 Å². The van der Waals surface area contributed by atoms with Crippen molar-refractivity contribution in [1.29, 1.82) is 0 Å². The van der Waals surface area contributed by atoms with Crippen molar-refractivity contribution in [2.24, 2.45) is 7.05 Å². The summed E-state index contributed by atoms with van der Waals surface area (Å²) < 4.78 is 41.6.